The summed E-state index contributed by atoms with van der Waals surface area (Å²) in [7, 11) is 1.31. The van der Waals surface area contributed by atoms with Crippen molar-refractivity contribution < 1.29 is 28.6 Å². The molecule has 196 valence electrons. The molecule has 1 saturated heterocycles. The smallest absolute Gasteiger partial charge is 0.311 e. The van der Waals surface area contributed by atoms with Gasteiger partial charge in [-0.2, -0.15) is 0 Å². The maximum atomic E-state index is 14.1. The highest BCUT2D eigenvalue weighted by Gasteiger charge is 2.51. The number of carbonyl (C=O) groups excluding carboxylic acids is 3. The molecule has 2 aliphatic heterocycles. The van der Waals surface area contributed by atoms with Crippen LogP contribution < -0.4 is 14.8 Å². The lowest BCUT2D eigenvalue weighted by Crippen LogP contribution is -2.46. The van der Waals surface area contributed by atoms with E-state index in [0.717, 1.165) is 11.1 Å². The van der Waals surface area contributed by atoms with Crippen LogP contribution in [0, 0.1) is 12.8 Å². The monoisotopic (exact) mass is 578 g/mol. The quantitative estimate of drug-likeness (QED) is 0.431. The van der Waals surface area contributed by atoms with Crippen LogP contribution in [0.3, 0.4) is 0 Å². The van der Waals surface area contributed by atoms with E-state index in [4.69, 9.17) is 14.2 Å². The minimum absolute atomic E-state index is 0.0908. The van der Waals surface area contributed by atoms with Crippen LogP contribution in [0.25, 0.3) is 0 Å². The normalized spacial score (nSPS) is 19.8. The summed E-state index contributed by atoms with van der Waals surface area (Å²) in [5.41, 5.74) is 3.09. The number of halogens is 1. The van der Waals surface area contributed by atoms with Crippen molar-refractivity contribution in [3.8, 4) is 11.5 Å². The summed E-state index contributed by atoms with van der Waals surface area (Å²) in [6.45, 7) is 2.38. The summed E-state index contributed by atoms with van der Waals surface area (Å²) in [4.78, 5) is 42.2. The lowest BCUT2D eigenvalue weighted by atomic mass is 9.92. The zero-order valence-electron chi connectivity index (χ0n) is 21.0. The molecule has 0 spiro atoms. The summed E-state index contributed by atoms with van der Waals surface area (Å²) in [5.74, 6) is -0.873. The standard InChI is InChI=1S/C29H27BrN2O6/c1-17-7-9-18(10-8-17)15-31-27(33)23-14-21(29(35)36-2)26(19-11-12-24-25(13-19)38-16-37-24)32(23)28(34)20-5-3-4-6-22(20)30/h3-13,21,23,26H,14-16H2,1-2H3,(H,31,33). The first kappa shape index (κ1) is 25.8. The van der Waals surface area contributed by atoms with E-state index in [1.807, 2.05) is 37.3 Å². The molecule has 3 aromatic rings. The predicted molar refractivity (Wildman–Crippen MR) is 143 cm³/mol. The van der Waals surface area contributed by atoms with E-state index < -0.39 is 24.0 Å². The number of amides is 2. The Morgan fingerprint density at radius 3 is 2.50 bits per heavy atom. The van der Waals surface area contributed by atoms with Crippen molar-refractivity contribution in [2.75, 3.05) is 13.9 Å². The minimum atomic E-state index is -0.903. The fourth-order valence-electron chi connectivity index (χ4n) is 5.03. The highest BCUT2D eigenvalue weighted by atomic mass is 79.9. The number of benzene rings is 3. The van der Waals surface area contributed by atoms with Gasteiger partial charge in [0, 0.05) is 11.0 Å². The molecule has 0 saturated carbocycles. The van der Waals surface area contributed by atoms with E-state index in [-0.39, 0.29) is 25.0 Å². The number of esters is 1. The molecule has 2 amide bonds. The number of fused-ring (bicyclic) bond motifs is 1. The average molecular weight is 579 g/mol. The third-order valence-corrected chi connectivity index (χ3v) is 7.66. The number of nitrogens with one attached hydrogen (secondary N) is 1. The first-order valence-corrected chi connectivity index (χ1v) is 13.0. The van der Waals surface area contributed by atoms with Gasteiger partial charge in [0.25, 0.3) is 5.91 Å². The molecule has 2 heterocycles. The topological polar surface area (TPSA) is 94.2 Å². The Labute approximate surface area is 229 Å². The lowest BCUT2D eigenvalue weighted by molar-refractivity contribution is -0.146. The molecule has 38 heavy (non-hydrogen) atoms. The first-order valence-electron chi connectivity index (χ1n) is 12.2. The summed E-state index contributed by atoms with van der Waals surface area (Å²) in [5, 5.41) is 2.96. The Balaban J connectivity index is 1.54. The molecule has 8 nitrogen and oxygen atoms in total. The molecule has 3 atom stereocenters. The van der Waals surface area contributed by atoms with Crippen molar-refractivity contribution in [1.82, 2.24) is 10.2 Å². The van der Waals surface area contributed by atoms with Crippen LogP contribution in [0.15, 0.2) is 71.2 Å². The van der Waals surface area contributed by atoms with E-state index >= 15 is 0 Å². The number of likely N-dealkylation sites (tertiary alicyclic amines) is 1. The van der Waals surface area contributed by atoms with Crippen molar-refractivity contribution in [2.45, 2.75) is 32.0 Å². The first-order chi connectivity index (χ1) is 18.4. The second kappa shape index (κ2) is 10.9. The largest absolute Gasteiger partial charge is 0.469 e. The van der Waals surface area contributed by atoms with E-state index in [1.165, 1.54) is 12.0 Å². The second-order valence-electron chi connectivity index (χ2n) is 9.33. The zero-order chi connectivity index (χ0) is 26.8. The third kappa shape index (κ3) is 4.98. The van der Waals surface area contributed by atoms with Crippen molar-refractivity contribution in [1.29, 1.82) is 0 Å². The van der Waals surface area contributed by atoms with E-state index in [0.29, 0.717) is 33.6 Å². The fraction of sp³-hybridized carbons (Fsp3) is 0.276. The van der Waals surface area contributed by atoms with Crippen LogP contribution in [-0.2, 0) is 20.9 Å². The number of aryl methyl sites for hydroxylation is 1. The Morgan fingerprint density at radius 2 is 1.76 bits per heavy atom. The van der Waals surface area contributed by atoms with Crippen LogP contribution in [0.2, 0.25) is 0 Å². The molecule has 0 aromatic heterocycles. The van der Waals surface area contributed by atoms with Gasteiger partial charge in [-0.25, -0.2) is 0 Å². The van der Waals surface area contributed by atoms with Gasteiger partial charge in [0.2, 0.25) is 12.7 Å². The maximum Gasteiger partial charge on any atom is 0.311 e. The van der Waals surface area contributed by atoms with Crippen LogP contribution >= 0.6 is 15.9 Å². The number of carbonyl (C=O) groups is 3. The van der Waals surface area contributed by atoms with Gasteiger partial charge in [-0.3, -0.25) is 14.4 Å². The predicted octanol–water partition coefficient (Wildman–Crippen LogP) is 4.55. The molecule has 1 fully saturated rings. The van der Waals surface area contributed by atoms with Gasteiger partial charge in [0.15, 0.2) is 11.5 Å². The molecule has 0 aliphatic carbocycles. The van der Waals surface area contributed by atoms with Crippen molar-refractivity contribution in [2.24, 2.45) is 5.92 Å². The number of hydrogen-bond acceptors (Lipinski definition) is 6. The summed E-state index contributed by atoms with van der Waals surface area (Å²) >= 11 is 3.47. The second-order valence-corrected chi connectivity index (χ2v) is 10.2. The minimum Gasteiger partial charge on any atom is -0.469 e. The molecule has 3 unspecified atom stereocenters. The number of ether oxygens (including phenoxy) is 3. The molecule has 0 radical (unpaired) electrons. The Bertz CT molecular complexity index is 1380. The van der Waals surface area contributed by atoms with Crippen LogP contribution in [0.4, 0.5) is 0 Å². The van der Waals surface area contributed by atoms with Crippen LogP contribution in [0.5, 0.6) is 11.5 Å². The Morgan fingerprint density at radius 1 is 1.03 bits per heavy atom. The molecular weight excluding hydrogens is 552 g/mol. The average Bonchev–Trinajstić information content (AvgIpc) is 3.56. The van der Waals surface area contributed by atoms with Crippen molar-refractivity contribution in [3.05, 3.63) is 93.5 Å². The summed E-state index contributed by atoms with van der Waals surface area (Å²) in [6.07, 6.45) is 0.113. The van der Waals surface area contributed by atoms with Crippen LogP contribution in [0.1, 0.15) is 39.5 Å². The van der Waals surface area contributed by atoms with Gasteiger partial charge in [0.1, 0.15) is 6.04 Å². The van der Waals surface area contributed by atoms with Gasteiger partial charge < -0.3 is 24.4 Å². The molecule has 2 aliphatic rings. The number of methoxy groups -OCH3 is 1. The molecule has 0 bridgehead atoms. The van der Waals surface area contributed by atoms with E-state index in [1.54, 1.807) is 36.4 Å². The lowest BCUT2D eigenvalue weighted by Gasteiger charge is -2.31. The van der Waals surface area contributed by atoms with E-state index in [2.05, 4.69) is 21.2 Å². The maximum absolute atomic E-state index is 14.1. The van der Waals surface area contributed by atoms with Gasteiger partial charge >= 0.3 is 5.97 Å². The van der Waals surface area contributed by atoms with Crippen LogP contribution in [-0.4, -0.2) is 42.6 Å². The zero-order valence-corrected chi connectivity index (χ0v) is 22.6. The molecular formula is C29H27BrN2O6. The van der Waals surface area contributed by atoms with E-state index in [9.17, 15) is 14.4 Å². The van der Waals surface area contributed by atoms with Gasteiger partial charge in [-0.15, -0.1) is 0 Å². The Kier molecular flexibility index (Phi) is 7.37. The molecule has 1 N–H and O–H groups in total. The fourth-order valence-corrected chi connectivity index (χ4v) is 5.48. The molecule has 3 aromatic carbocycles. The third-order valence-electron chi connectivity index (χ3n) is 6.96. The number of rotatable bonds is 6. The Hall–Kier alpha value is -3.85. The van der Waals surface area contributed by atoms with Gasteiger partial charge in [-0.1, -0.05) is 48.0 Å². The summed E-state index contributed by atoms with van der Waals surface area (Å²) in [6, 6.07) is 18.5. The van der Waals surface area contributed by atoms with Gasteiger partial charge in [-0.05, 0) is 64.7 Å². The number of hydrogen-bond donors (Lipinski definition) is 1. The van der Waals surface area contributed by atoms with Crippen molar-refractivity contribution >= 4 is 33.7 Å². The summed E-state index contributed by atoms with van der Waals surface area (Å²) < 4.78 is 16.7. The molecule has 5 rings (SSSR count). The van der Waals surface area contributed by atoms with Gasteiger partial charge in [0.05, 0.1) is 24.6 Å². The number of nitrogens with zero attached hydrogens (tertiary/aromatic N) is 1. The SMILES string of the molecule is COC(=O)C1CC(C(=O)NCc2ccc(C)cc2)N(C(=O)c2ccccc2Br)C1c1ccc2c(c1)OCO2. The molecule has 9 heteroatoms. The highest BCUT2D eigenvalue weighted by Crippen LogP contribution is 2.46. The highest BCUT2D eigenvalue weighted by molar-refractivity contribution is 9.10. The van der Waals surface area contributed by atoms with Crippen molar-refractivity contribution in [3.63, 3.8) is 0 Å².